The van der Waals surface area contributed by atoms with Crippen LogP contribution in [0.3, 0.4) is 0 Å². The first-order valence-electron chi connectivity index (χ1n) is 7.63. The Bertz CT molecular complexity index is 934. The molecule has 0 saturated carbocycles. The van der Waals surface area contributed by atoms with Crippen LogP contribution >= 0.6 is 11.6 Å². The number of carbonyl (C=O) groups is 1. The van der Waals surface area contributed by atoms with Crippen LogP contribution in [-0.4, -0.2) is 26.6 Å². The molecule has 1 atom stereocenters. The number of nitrogens with zero attached hydrogens (tertiary/aromatic N) is 1. The van der Waals surface area contributed by atoms with Crippen LogP contribution in [0.1, 0.15) is 12.5 Å². The fourth-order valence-corrected chi connectivity index (χ4v) is 3.85. The Kier molecular flexibility index (Phi) is 6.06. The number of hydrogen-bond acceptors (Lipinski definition) is 3. The Morgan fingerprint density at radius 2 is 1.74 bits per heavy atom. The molecule has 27 heavy (non-hydrogen) atoms. The standard InChI is InChI=1S/C17H16ClF3N2O3S/c1-11(23(27(2,25)26)13-6-4-3-5-7-13)16(24)22-12-8-9-15(18)14(10-12)17(19,20)21/h3-11H,1-2H3,(H,22,24). The Balaban J connectivity index is 2.31. The second-order valence-corrected chi connectivity index (χ2v) is 8.02. The molecule has 10 heteroatoms. The van der Waals surface area contributed by atoms with Crippen molar-refractivity contribution >= 4 is 38.9 Å². The van der Waals surface area contributed by atoms with E-state index in [4.69, 9.17) is 11.6 Å². The Hall–Kier alpha value is -2.26. The Morgan fingerprint density at radius 1 is 1.15 bits per heavy atom. The molecule has 1 N–H and O–H groups in total. The number of benzene rings is 2. The van der Waals surface area contributed by atoms with E-state index in [-0.39, 0.29) is 11.4 Å². The fourth-order valence-electron chi connectivity index (χ4n) is 2.45. The first kappa shape index (κ1) is 21.0. The molecule has 0 bridgehead atoms. The van der Waals surface area contributed by atoms with E-state index in [9.17, 15) is 26.4 Å². The lowest BCUT2D eigenvalue weighted by Crippen LogP contribution is -2.45. The largest absolute Gasteiger partial charge is 0.417 e. The Morgan fingerprint density at radius 3 is 2.26 bits per heavy atom. The van der Waals surface area contributed by atoms with Gasteiger partial charge in [0.1, 0.15) is 6.04 Å². The Labute approximate surface area is 159 Å². The van der Waals surface area contributed by atoms with Crippen molar-refractivity contribution in [2.75, 3.05) is 15.9 Å². The smallest absolute Gasteiger partial charge is 0.324 e. The van der Waals surface area contributed by atoms with Gasteiger partial charge < -0.3 is 5.32 Å². The minimum atomic E-state index is -4.69. The number of para-hydroxylation sites is 1. The molecule has 0 aliphatic heterocycles. The van der Waals surface area contributed by atoms with Gasteiger partial charge in [0.25, 0.3) is 0 Å². The zero-order valence-corrected chi connectivity index (χ0v) is 15.9. The maximum Gasteiger partial charge on any atom is 0.417 e. The molecular formula is C17H16ClF3N2O3S. The van der Waals surface area contributed by atoms with E-state index in [0.29, 0.717) is 6.07 Å². The van der Waals surface area contributed by atoms with Gasteiger partial charge in [-0.25, -0.2) is 8.42 Å². The van der Waals surface area contributed by atoms with E-state index < -0.39 is 38.7 Å². The van der Waals surface area contributed by atoms with Gasteiger partial charge in [0.05, 0.1) is 22.5 Å². The molecule has 5 nitrogen and oxygen atoms in total. The van der Waals surface area contributed by atoms with Gasteiger partial charge in [-0.1, -0.05) is 29.8 Å². The average Bonchev–Trinajstić information content (AvgIpc) is 2.55. The third-order valence-electron chi connectivity index (χ3n) is 3.64. The highest BCUT2D eigenvalue weighted by Crippen LogP contribution is 2.36. The van der Waals surface area contributed by atoms with E-state index in [1.807, 2.05) is 0 Å². The molecule has 0 aliphatic rings. The number of anilines is 2. The molecule has 0 aliphatic carbocycles. The van der Waals surface area contributed by atoms with E-state index in [0.717, 1.165) is 16.6 Å². The van der Waals surface area contributed by atoms with Crippen LogP contribution in [-0.2, 0) is 21.0 Å². The first-order chi connectivity index (χ1) is 12.4. The molecule has 146 valence electrons. The quantitative estimate of drug-likeness (QED) is 0.790. The highest BCUT2D eigenvalue weighted by atomic mass is 35.5. The van der Waals surface area contributed by atoms with E-state index in [2.05, 4.69) is 5.32 Å². The van der Waals surface area contributed by atoms with Gasteiger partial charge in [-0.05, 0) is 37.3 Å². The molecule has 0 spiro atoms. The van der Waals surface area contributed by atoms with Gasteiger partial charge >= 0.3 is 6.18 Å². The van der Waals surface area contributed by atoms with Crippen molar-refractivity contribution in [3.8, 4) is 0 Å². The van der Waals surface area contributed by atoms with Crippen LogP contribution in [0.15, 0.2) is 48.5 Å². The molecule has 0 heterocycles. The first-order valence-corrected chi connectivity index (χ1v) is 9.86. The normalized spacial score (nSPS) is 13.1. The van der Waals surface area contributed by atoms with Gasteiger partial charge in [0.2, 0.25) is 15.9 Å². The van der Waals surface area contributed by atoms with Crippen LogP contribution in [0, 0.1) is 0 Å². The fraction of sp³-hybridized carbons (Fsp3) is 0.235. The summed E-state index contributed by atoms with van der Waals surface area (Å²) in [5.41, 5.74) is -0.988. The number of halogens is 4. The predicted molar refractivity (Wildman–Crippen MR) is 98.3 cm³/mol. The van der Waals surface area contributed by atoms with Gasteiger partial charge in [-0.3, -0.25) is 9.10 Å². The average molecular weight is 421 g/mol. The van der Waals surface area contributed by atoms with Crippen LogP contribution in [0.2, 0.25) is 5.02 Å². The van der Waals surface area contributed by atoms with Gasteiger partial charge in [0.15, 0.2) is 0 Å². The lowest BCUT2D eigenvalue weighted by molar-refractivity contribution is -0.137. The number of alkyl halides is 3. The number of sulfonamides is 1. The molecular weight excluding hydrogens is 405 g/mol. The molecule has 0 fully saturated rings. The molecule has 0 saturated heterocycles. The van der Waals surface area contributed by atoms with E-state index in [1.165, 1.54) is 25.1 Å². The summed E-state index contributed by atoms with van der Waals surface area (Å²) in [4.78, 5) is 12.5. The number of amides is 1. The van der Waals surface area contributed by atoms with Crippen molar-refractivity contribution in [1.29, 1.82) is 0 Å². The highest BCUT2D eigenvalue weighted by Gasteiger charge is 2.34. The maximum absolute atomic E-state index is 12.9. The second kappa shape index (κ2) is 7.77. The lowest BCUT2D eigenvalue weighted by Gasteiger charge is -2.28. The zero-order chi connectivity index (χ0) is 20.4. The molecule has 1 unspecified atom stereocenters. The molecule has 2 aromatic rings. The minimum absolute atomic E-state index is 0.148. The molecule has 1 amide bonds. The monoisotopic (exact) mass is 420 g/mol. The van der Waals surface area contributed by atoms with Crippen molar-refractivity contribution in [1.82, 2.24) is 0 Å². The van der Waals surface area contributed by atoms with Gasteiger partial charge in [-0.2, -0.15) is 13.2 Å². The third-order valence-corrected chi connectivity index (χ3v) is 5.21. The molecule has 0 radical (unpaired) electrons. The van der Waals surface area contributed by atoms with Crippen molar-refractivity contribution in [3.05, 3.63) is 59.1 Å². The lowest BCUT2D eigenvalue weighted by atomic mass is 10.2. The number of rotatable bonds is 5. The van der Waals surface area contributed by atoms with Crippen LogP contribution in [0.4, 0.5) is 24.5 Å². The van der Waals surface area contributed by atoms with Crippen molar-refractivity contribution in [2.45, 2.75) is 19.1 Å². The SMILES string of the molecule is CC(C(=O)Nc1ccc(Cl)c(C(F)(F)F)c1)N(c1ccccc1)S(C)(=O)=O. The summed E-state index contributed by atoms with van der Waals surface area (Å²) in [5, 5.41) is 1.80. The van der Waals surface area contributed by atoms with Crippen molar-refractivity contribution in [2.24, 2.45) is 0 Å². The maximum atomic E-state index is 12.9. The minimum Gasteiger partial charge on any atom is -0.324 e. The topological polar surface area (TPSA) is 66.5 Å². The summed E-state index contributed by atoms with van der Waals surface area (Å²) >= 11 is 5.55. The van der Waals surface area contributed by atoms with Gasteiger partial charge in [-0.15, -0.1) is 0 Å². The predicted octanol–water partition coefficient (Wildman–Crippen LogP) is 4.15. The number of hydrogen-bond donors (Lipinski definition) is 1. The second-order valence-electron chi connectivity index (χ2n) is 5.75. The summed E-state index contributed by atoms with van der Waals surface area (Å²) in [7, 11) is -3.82. The molecule has 2 aromatic carbocycles. The van der Waals surface area contributed by atoms with E-state index in [1.54, 1.807) is 18.2 Å². The van der Waals surface area contributed by atoms with Crippen molar-refractivity contribution < 1.29 is 26.4 Å². The summed E-state index contributed by atoms with van der Waals surface area (Å²) in [6, 6.07) is 9.61. The molecule has 0 aromatic heterocycles. The zero-order valence-electron chi connectivity index (χ0n) is 14.3. The van der Waals surface area contributed by atoms with Gasteiger partial charge in [0, 0.05) is 5.69 Å². The number of nitrogens with one attached hydrogen (secondary N) is 1. The highest BCUT2D eigenvalue weighted by molar-refractivity contribution is 7.92. The summed E-state index contributed by atoms with van der Waals surface area (Å²) < 4.78 is 64.0. The van der Waals surface area contributed by atoms with E-state index >= 15 is 0 Å². The third kappa shape index (κ3) is 5.14. The van der Waals surface area contributed by atoms with Crippen molar-refractivity contribution in [3.63, 3.8) is 0 Å². The molecule has 2 rings (SSSR count). The summed E-state index contributed by atoms with van der Waals surface area (Å²) in [5.74, 6) is -0.792. The summed E-state index contributed by atoms with van der Waals surface area (Å²) in [6.45, 7) is 1.34. The van der Waals surface area contributed by atoms with Crippen LogP contribution < -0.4 is 9.62 Å². The van der Waals surface area contributed by atoms with Crippen LogP contribution in [0.5, 0.6) is 0 Å². The summed E-state index contributed by atoms with van der Waals surface area (Å²) in [6.07, 6.45) is -3.75. The number of carbonyl (C=O) groups excluding carboxylic acids is 1. The van der Waals surface area contributed by atoms with Crippen LogP contribution in [0.25, 0.3) is 0 Å².